The van der Waals surface area contributed by atoms with Gasteiger partial charge in [-0.15, -0.1) is 0 Å². The predicted octanol–water partition coefficient (Wildman–Crippen LogP) is 1.73. The topological polar surface area (TPSA) is 45.4 Å². The molecule has 0 saturated carbocycles. The average molecular weight is 203 g/mol. The molecule has 0 aliphatic rings. The van der Waals surface area contributed by atoms with E-state index in [0.29, 0.717) is 12.1 Å². The normalized spacial score (nSPS) is 10.5. The van der Waals surface area contributed by atoms with E-state index in [1.165, 1.54) is 0 Å². The molecule has 0 amide bonds. The molecule has 2 aromatic rings. The van der Waals surface area contributed by atoms with Crippen molar-refractivity contribution in [2.45, 2.75) is 13.2 Å². The molecule has 0 spiro atoms. The molecule has 0 fully saturated rings. The SMILES string of the molecule is OCc1cn(Cc2ccccc2)cc1O. The van der Waals surface area contributed by atoms with Crippen LogP contribution in [0.4, 0.5) is 0 Å². The molecule has 3 heteroatoms. The second-order valence-electron chi connectivity index (χ2n) is 3.48. The lowest BCUT2D eigenvalue weighted by atomic mass is 10.2. The minimum Gasteiger partial charge on any atom is -0.506 e. The van der Waals surface area contributed by atoms with Crippen molar-refractivity contribution in [3.8, 4) is 5.75 Å². The van der Waals surface area contributed by atoms with Crippen LogP contribution in [0.25, 0.3) is 0 Å². The van der Waals surface area contributed by atoms with Gasteiger partial charge in [-0.1, -0.05) is 30.3 Å². The average Bonchev–Trinajstić information content (AvgIpc) is 2.60. The molecular weight excluding hydrogens is 190 g/mol. The maximum atomic E-state index is 9.43. The summed E-state index contributed by atoms with van der Waals surface area (Å²) in [7, 11) is 0. The van der Waals surface area contributed by atoms with Crippen LogP contribution < -0.4 is 0 Å². The van der Waals surface area contributed by atoms with Crippen molar-refractivity contribution in [1.82, 2.24) is 4.57 Å². The van der Waals surface area contributed by atoms with Crippen molar-refractivity contribution in [1.29, 1.82) is 0 Å². The van der Waals surface area contributed by atoms with Gasteiger partial charge in [0.05, 0.1) is 6.61 Å². The smallest absolute Gasteiger partial charge is 0.138 e. The van der Waals surface area contributed by atoms with E-state index >= 15 is 0 Å². The summed E-state index contributed by atoms with van der Waals surface area (Å²) in [6.07, 6.45) is 3.38. The second-order valence-corrected chi connectivity index (χ2v) is 3.48. The Morgan fingerprint density at radius 1 is 1.07 bits per heavy atom. The zero-order valence-electron chi connectivity index (χ0n) is 8.30. The molecule has 2 N–H and O–H groups in total. The van der Waals surface area contributed by atoms with Crippen LogP contribution in [0.5, 0.6) is 5.75 Å². The van der Waals surface area contributed by atoms with Crippen LogP contribution in [0.1, 0.15) is 11.1 Å². The van der Waals surface area contributed by atoms with Crippen LogP contribution in [0.3, 0.4) is 0 Å². The van der Waals surface area contributed by atoms with E-state index in [-0.39, 0.29) is 12.4 Å². The predicted molar refractivity (Wildman–Crippen MR) is 57.6 cm³/mol. The molecule has 1 heterocycles. The van der Waals surface area contributed by atoms with Gasteiger partial charge in [0.2, 0.25) is 0 Å². The first-order valence-corrected chi connectivity index (χ1v) is 4.82. The minimum atomic E-state index is -0.131. The lowest BCUT2D eigenvalue weighted by molar-refractivity contribution is 0.276. The Labute approximate surface area is 88.2 Å². The summed E-state index contributed by atoms with van der Waals surface area (Å²) < 4.78 is 1.86. The summed E-state index contributed by atoms with van der Waals surface area (Å²) in [4.78, 5) is 0. The summed E-state index contributed by atoms with van der Waals surface area (Å²) in [6, 6.07) is 9.97. The number of rotatable bonds is 3. The molecular formula is C12H13NO2. The fourth-order valence-corrected chi connectivity index (χ4v) is 1.55. The monoisotopic (exact) mass is 203 g/mol. The van der Waals surface area contributed by atoms with Gasteiger partial charge in [-0.25, -0.2) is 0 Å². The van der Waals surface area contributed by atoms with Crippen LogP contribution in [0.2, 0.25) is 0 Å². The summed E-state index contributed by atoms with van der Waals surface area (Å²) in [5.74, 6) is 0.147. The molecule has 0 unspecified atom stereocenters. The van der Waals surface area contributed by atoms with E-state index in [2.05, 4.69) is 0 Å². The molecule has 0 aliphatic heterocycles. The van der Waals surface area contributed by atoms with Gasteiger partial charge in [-0.3, -0.25) is 0 Å². The zero-order chi connectivity index (χ0) is 10.7. The molecule has 2 rings (SSSR count). The number of aliphatic hydroxyl groups excluding tert-OH is 1. The standard InChI is InChI=1S/C12H13NO2/c14-9-11-7-13(8-12(11)15)6-10-4-2-1-3-5-10/h1-5,7-8,14-15H,6,9H2. The highest BCUT2D eigenvalue weighted by atomic mass is 16.3. The molecule has 0 bridgehead atoms. The summed E-state index contributed by atoms with van der Waals surface area (Å²) in [5.41, 5.74) is 1.72. The van der Waals surface area contributed by atoms with Crippen LogP contribution >= 0.6 is 0 Å². The van der Waals surface area contributed by atoms with Crippen molar-refractivity contribution in [2.24, 2.45) is 0 Å². The summed E-state index contributed by atoms with van der Waals surface area (Å²) in [6.45, 7) is 0.571. The molecule has 0 aliphatic carbocycles. The van der Waals surface area contributed by atoms with Crippen molar-refractivity contribution in [3.63, 3.8) is 0 Å². The molecule has 15 heavy (non-hydrogen) atoms. The van der Waals surface area contributed by atoms with Crippen molar-refractivity contribution >= 4 is 0 Å². The Balaban J connectivity index is 2.18. The van der Waals surface area contributed by atoms with Gasteiger partial charge in [0.1, 0.15) is 5.75 Å². The number of hydrogen-bond acceptors (Lipinski definition) is 2. The highest BCUT2D eigenvalue weighted by molar-refractivity contribution is 5.29. The first-order chi connectivity index (χ1) is 7.29. The number of hydrogen-bond donors (Lipinski definition) is 2. The van der Waals surface area contributed by atoms with Crippen LogP contribution in [-0.2, 0) is 13.2 Å². The van der Waals surface area contributed by atoms with Crippen molar-refractivity contribution in [2.75, 3.05) is 0 Å². The van der Waals surface area contributed by atoms with Gasteiger partial charge in [0, 0.05) is 24.5 Å². The van der Waals surface area contributed by atoms with E-state index in [1.54, 1.807) is 12.4 Å². The van der Waals surface area contributed by atoms with Crippen molar-refractivity contribution in [3.05, 3.63) is 53.9 Å². The highest BCUT2D eigenvalue weighted by Gasteiger charge is 2.03. The Kier molecular flexibility index (Phi) is 2.74. The van der Waals surface area contributed by atoms with E-state index in [0.717, 1.165) is 5.56 Å². The number of aromatic nitrogens is 1. The van der Waals surface area contributed by atoms with Gasteiger partial charge in [-0.05, 0) is 5.56 Å². The third-order valence-electron chi connectivity index (χ3n) is 2.32. The third-order valence-corrected chi connectivity index (χ3v) is 2.32. The number of benzene rings is 1. The van der Waals surface area contributed by atoms with Gasteiger partial charge < -0.3 is 14.8 Å². The van der Waals surface area contributed by atoms with Gasteiger partial charge >= 0.3 is 0 Å². The first-order valence-electron chi connectivity index (χ1n) is 4.82. The molecule has 0 atom stereocenters. The Morgan fingerprint density at radius 2 is 1.80 bits per heavy atom. The highest BCUT2D eigenvalue weighted by Crippen LogP contribution is 2.18. The Morgan fingerprint density at radius 3 is 2.40 bits per heavy atom. The second kappa shape index (κ2) is 4.19. The third kappa shape index (κ3) is 2.19. The lowest BCUT2D eigenvalue weighted by Crippen LogP contribution is -1.95. The lowest BCUT2D eigenvalue weighted by Gasteiger charge is -2.01. The fraction of sp³-hybridized carbons (Fsp3) is 0.167. The van der Waals surface area contributed by atoms with Crippen LogP contribution in [-0.4, -0.2) is 14.8 Å². The maximum Gasteiger partial charge on any atom is 0.138 e. The quantitative estimate of drug-likeness (QED) is 0.798. The van der Waals surface area contributed by atoms with Gasteiger partial charge in [-0.2, -0.15) is 0 Å². The molecule has 78 valence electrons. The van der Waals surface area contributed by atoms with Gasteiger partial charge in [0.15, 0.2) is 0 Å². The summed E-state index contributed by atoms with van der Waals surface area (Å²) >= 11 is 0. The number of aromatic hydroxyl groups is 1. The van der Waals surface area contributed by atoms with Crippen molar-refractivity contribution < 1.29 is 10.2 Å². The molecule has 0 radical (unpaired) electrons. The van der Waals surface area contributed by atoms with E-state index in [9.17, 15) is 5.11 Å². The minimum absolute atomic E-state index is 0.131. The van der Waals surface area contributed by atoms with E-state index in [1.807, 2.05) is 34.9 Å². The number of nitrogens with zero attached hydrogens (tertiary/aromatic N) is 1. The number of aliphatic hydroxyl groups is 1. The van der Waals surface area contributed by atoms with Gasteiger partial charge in [0.25, 0.3) is 0 Å². The molecule has 0 saturated heterocycles. The largest absolute Gasteiger partial charge is 0.506 e. The fourth-order valence-electron chi connectivity index (χ4n) is 1.55. The van der Waals surface area contributed by atoms with Crippen LogP contribution in [0.15, 0.2) is 42.7 Å². The van der Waals surface area contributed by atoms with Crippen LogP contribution in [0, 0.1) is 0 Å². The molecule has 1 aromatic carbocycles. The van der Waals surface area contributed by atoms with E-state index in [4.69, 9.17) is 5.11 Å². The van der Waals surface area contributed by atoms with E-state index < -0.39 is 0 Å². The Hall–Kier alpha value is -1.74. The Bertz CT molecular complexity index is 434. The maximum absolute atomic E-state index is 9.43. The summed E-state index contributed by atoms with van der Waals surface area (Å²) in [5, 5.41) is 18.4. The molecule has 3 nitrogen and oxygen atoms in total. The molecule has 1 aromatic heterocycles. The first kappa shape index (κ1) is 9.80. The zero-order valence-corrected chi connectivity index (χ0v) is 8.30.